The fourth-order valence-electron chi connectivity index (χ4n) is 4.43. The molecule has 2 aliphatic rings. The molecule has 5 rings (SSSR count). The van der Waals surface area contributed by atoms with Crippen LogP contribution in [0.2, 0.25) is 0 Å². The van der Waals surface area contributed by atoms with Crippen LogP contribution >= 0.6 is 0 Å². The fourth-order valence-corrected chi connectivity index (χ4v) is 4.43. The second kappa shape index (κ2) is 8.61. The molecule has 0 fully saturated rings. The normalized spacial score (nSPS) is 16.7. The van der Waals surface area contributed by atoms with Crippen molar-refractivity contribution in [3.8, 4) is 22.9 Å². The van der Waals surface area contributed by atoms with E-state index in [0.717, 1.165) is 50.1 Å². The molecule has 0 bridgehead atoms. The van der Waals surface area contributed by atoms with Crippen molar-refractivity contribution >= 4 is 11.1 Å². The molecule has 31 heavy (non-hydrogen) atoms. The van der Waals surface area contributed by atoms with E-state index in [4.69, 9.17) is 4.42 Å². The molecule has 0 amide bonds. The summed E-state index contributed by atoms with van der Waals surface area (Å²) in [6.07, 6.45) is 6.68. The molecular weight excluding hydrogens is 384 g/mol. The summed E-state index contributed by atoms with van der Waals surface area (Å²) in [5, 5.41) is 15.4. The van der Waals surface area contributed by atoms with Crippen LogP contribution in [0.3, 0.4) is 0 Å². The van der Waals surface area contributed by atoms with Crippen LogP contribution in [0, 0.1) is 13.8 Å². The highest BCUT2D eigenvalue weighted by Gasteiger charge is 2.17. The summed E-state index contributed by atoms with van der Waals surface area (Å²) in [4.78, 5) is 0. The predicted molar refractivity (Wildman–Crippen MR) is 126 cm³/mol. The van der Waals surface area contributed by atoms with E-state index in [1.54, 1.807) is 0 Å². The van der Waals surface area contributed by atoms with E-state index >= 15 is 0 Å². The van der Waals surface area contributed by atoms with Crippen molar-refractivity contribution in [2.75, 3.05) is 26.2 Å². The highest BCUT2D eigenvalue weighted by molar-refractivity contribution is 5.75. The summed E-state index contributed by atoms with van der Waals surface area (Å²) in [5.41, 5.74) is 9.83. The lowest BCUT2D eigenvalue weighted by Crippen LogP contribution is -2.20. The van der Waals surface area contributed by atoms with Gasteiger partial charge in [-0.2, -0.15) is 0 Å². The Kier molecular flexibility index (Phi) is 5.53. The number of hydrogen-bond acceptors (Lipinski definition) is 5. The van der Waals surface area contributed by atoms with E-state index in [1.807, 2.05) is 0 Å². The van der Waals surface area contributed by atoms with E-state index in [9.17, 15) is 0 Å². The molecule has 2 N–H and O–H groups in total. The molecular formula is C26H28N4O. The first-order chi connectivity index (χ1) is 15.2. The molecule has 2 aliphatic heterocycles. The number of aromatic nitrogens is 2. The molecule has 5 nitrogen and oxygen atoms in total. The molecule has 2 aromatic carbocycles. The maximum Gasteiger partial charge on any atom is 0.248 e. The average molecular weight is 413 g/mol. The van der Waals surface area contributed by atoms with E-state index in [0.29, 0.717) is 11.8 Å². The highest BCUT2D eigenvalue weighted by Crippen LogP contribution is 2.33. The lowest BCUT2D eigenvalue weighted by Gasteiger charge is -2.18. The Balaban J connectivity index is 1.41. The van der Waals surface area contributed by atoms with Crippen LogP contribution in [0.4, 0.5) is 0 Å². The van der Waals surface area contributed by atoms with Gasteiger partial charge in [0.1, 0.15) is 0 Å². The van der Waals surface area contributed by atoms with Gasteiger partial charge in [-0.25, -0.2) is 0 Å². The molecule has 0 saturated carbocycles. The predicted octanol–water partition coefficient (Wildman–Crippen LogP) is 4.77. The Morgan fingerprint density at radius 1 is 0.677 bits per heavy atom. The lowest BCUT2D eigenvalue weighted by atomic mass is 9.91. The summed E-state index contributed by atoms with van der Waals surface area (Å²) < 4.78 is 6.09. The van der Waals surface area contributed by atoms with Crippen molar-refractivity contribution < 1.29 is 4.42 Å². The number of hydrogen-bond donors (Lipinski definition) is 2. The smallest absolute Gasteiger partial charge is 0.248 e. The van der Waals surface area contributed by atoms with Gasteiger partial charge in [0.05, 0.1) is 0 Å². The molecule has 0 unspecified atom stereocenters. The van der Waals surface area contributed by atoms with Gasteiger partial charge in [-0.3, -0.25) is 0 Å². The highest BCUT2D eigenvalue weighted by atomic mass is 16.4. The standard InChI is InChI=1S/C26H28N4O/c1-17-18(2)24(8-7-23(17)21-11-15-28-16-12-21)26-30-29-25(31-26)22-5-3-19(4-6-22)20-9-13-27-14-10-20/h3-9,11,27-28H,10,12-16H2,1-2H3. The first-order valence-electron chi connectivity index (χ1n) is 11.1. The number of benzene rings is 2. The minimum absolute atomic E-state index is 0.558. The van der Waals surface area contributed by atoms with Crippen molar-refractivity contribution in [3.05, 3.63) is 70.8 Å². The van der Waals surface area contributed by atoms with E-state index in [1.165, 1.54) is 33.4 Å². The molecule has 0 aliphatic carbocycles. The maximum atomic E-state index is 6.09. The number of rotatable bonds is 4. The molecule has 3 aromatic rings. The molecule has 0 radical (unpaired) electrons. The van der Waals surface area contributed by atoms with Crippen molar-refractivity contribution in [1.29, 1.82) is 0 Å². The molecule has 0 saturated heterocycles. The summed E-state index contributed by atoms with van der Waals surface area (Å²) >= 11 is 0. The Morgan fingerprint density at radius 2 is 1.26 bits per heavy atom. The van der Waals surface area contributed by atoms with Gasteiger partial charge >= 0.3 is 0 Å². The minimum Gasteiger partial charge on any atom is -0.416 e. The van der Waals surface area contributed by atoms with Gasteiger partial charge in [0.2, 0.25) is 11.8 Å². The zero-order valence-corrected chi connectivity index (χ0v) is 18.2. The van der Waals surface area contributed by atoms with Crippen LogP contribution in [0.5, 0.6) is 0 Å². The van der Waals surface area contributed by atoms with E-state index in [2.05, 4.69) is 83.2 Å². The molecule has 0 spiro atoms. The minimum atomic E-state index is 0.558. The third-order valence-corrected chi connectivity index (χ3v) is 6.42. The Bertz CT molecular complexity index is 1150. The Hall–Kier alpha value is -3.02. The van der Waals surface area contributed by atoms with Crippen molar-refractivity contribution in [2.45, 2.75) is 26.7 Å². The quantitative estimate of drug-likeness (QED) is 0.646. The molecule has 1 aromatic heterocycles. The first kappa shape index (κ1) is 19.9. The average Bonchev–Trinajstić information content (AvgIpc) is 3.32. The van der Waals surface area contributed by atoms with E-state index < -0.39 is 0 Å². The SMILES string of the molecule is Cc1c(C2=CCNCC2)ccc(-c2nnc(-c3ccc(C4=CCNCC4)cc3)o2)c1C. The van der Waals surface area contributed by atoms with Crippen molar-refractivity contribution in [3.63, 3.8) is 0 Å². The summed E-state index contributed by atoms with van der Waals surface area (Å²) in [6.45, 7) is 8.27. The number of nitrogens with zero attached hydrogens (tertiary/aromatic N) is 2. The Morgan fingerprint density at radius 3 is 1.94 bits per heavy atom. The van der Waals surface area contributed by atoms with Gasteiger partial charge in [-0.05, 0) is 91.4 Å². The van der Waals surface area contributed by atoms with Gasteiger partial charge in [-0.1, -0.05) is 30.4 Å². The summed E-state index contributed by atoms with van der Waals surface area (Å²) in [5.74, 6) is 1.13. The largest absolute Gasteiger partial charge is 0.416 e. The van der Waals surface area contributed by atoms with Gasteiger partial charge in [0.15, 0.2) is 0 Å². The van der Waals surface area contributed by atoms with Crippen molar-refractivity contribution in [2.24, 2.45) is 0 Å². The molecule has 0 atom stereocenters. The lowest BCUT2D eigenvalue weighted by molar-refractivity contribution is 0.584. The molecule has 5 heteroatoms. The summed E-state index contributed by atoms with van der Waals surface area (Å²) in [6, 6.07) is 12.7. The zero-order valence-electron chi connectivity index (χ0n) is 18.2. The Labute approximate surface area is 183 Å². The van der Waals surface area contributed by atoms with Gasteiger partial charge < -0.3 is 15.1 Å². The second-order valence-corrected chi connectivity index (χ2v) is 8.27. The van der Waals surface area contributed by atoms with Crippen LogP contribution in [0.1, 0.15) is 35.1 Å². The van der Waals surface area contributed by atoms with Crippen LogP contribution in [0.15, 0.2) is 53.0 Å². The number of nitrogens with one attached hydrogen (secondary N) is 2. The van der Waals surface area contributed by atoms with Crippen LogP contribution in [-0.4, -0.2) is 36.4 Å². The zero-order chi connectivity index (χ0) is 21.2. The second-order valence-electron chi connectivity index (χ2n) is 8.27. The third kappa shape index (κ3) is 3.99. The van der Waals surface area contributed by atoms with E-state index in [-0.39, 0.29) is 0 Å². The summed E-state index contributed by atoms with van der Waals surface area (Å²) in [7, 11) is 0. The monoisotopic (exact) mass is 412 g/mol. The van der Waals surface area contributed by atoms with Gasteiger partial charge in [0, 0.05) is 24.2 Å². The molecule has 3 heterocycles. The van der Waals surface area contributed by atoms with Gasteiger partial charge in [0.25, 0.3) is 0 Å². The fraction of sp³-hybridized carbons (Fsp3) is 0.308. The van der Waals surface area contributed by atoms with Crippen LogP contribution < -0.4 is 10.6 Å². The van der Waals surface area contributed by atoms with Gasteiger partial charge in [-0.15, -0.1) is 10.2 Å². The molecule has 158 valence electrons. The van der Waals surface area contributed by atoms with Crippen molar-refractivity contribution in [1.82, 2.24) is 20.8 Å². The first-order valence-corrected chi connectivity index (χ1v) is 11.1. The van der Waals surface area contributed by atoms with Crippen LogP contribution in [-0.2, 0) is 0 Å². The van der Waals surface area contributed by atoms with Crippen LogP contribution in [0.25, 0.3) is 34.1 Å². The maximum absolute atomic E-state index is 6.09. The topological polar surface area (TPSA) is 63.0 Å². The third-order valence-electron chi connectivity index (χ3n) is 6.42.